The van der Waals surface area contributed by atoms with Gasteiger partial charge >= 0.3 is 0 Å². The average Bonchev–Trinajstić information content (AvgIpc) is 3.44. The summed E-state index contributed by atoms with van der Waals surface area (Å²) in [4.78, 5) is 28.3. The molecule has 1 fully saturated rings. The molecule has 0 bridgehead atoms. The van der Waals surface area contributed by atoms with Gasteiger partial charge in [0.25, 0.3) is 5.89 Å². The summed E-state index contributed by atoms with van der Waals surface area (Å²) < 4.78 is 10.8. The second kappa shape index (κ2) is 9.06. The summed E-state index contributed by atoms with van der Waals surface area (Å²) in [6, 6.07) is 3.66. The third-order valence-corrected chi connectivity index (χ3v) is 5.17. The summed E-state index contributed by atoms with van der Waals surface area (Å²) >= 11 is 0. The molecule has 0 aromatic carbocycles. The first-order chi connectivity index (χ1) is 14.6. The first-order valence-electron chi connectivity index (χ1n) is 10.4. The Morgan fingerprint density at radius 1 is 1.37 bits per heavy atom. The van der Waals surface area contributed by atoms with E-state index in [2.05, 4.69) is 37.2 Å². The number of aromatic nitrogens is 4. The zero-order chi connectivity index (χ0) is 20.9. The Morgan fingerprint density at radius 2 is 2.27 bits per heavy atom. The lowest BCUT2D eigenvalue weighted by Gasteiger charge is -2.33. The normalized spacial score (nSPS) is 16.6. The van der Waals surface area contributed by atoms with Crippen molar-refractivity contribution < 1.29 is 13.7 Å². The van der Waals surface area contributed by atoms with Crippen LogP contribution in [0.15, 0.2) is 33.5 Å². The average molecular weight is 410 g/mol. The van der Waals surface area contributed by atoms with Gasteiger partial charge in [0.15, 0.2) is 5.82 Å². The highest BCUT2D eigenvalue weighted by Crippen LogP contribution is 2.31. The predicted octanol–water partition coefficient (Wildman–Crippen LogP) is 2.91. The minimum atomic E-state index is -0.129. The Hall–Kier alpha value is -3.23. The van der Waals surface area contributed by atoms with Gasteiger partial charge in [-0.25, -0.2) is 9.97 Å². The smallest absolute Gasteiger partial charge is 0.263 e. The molecule has 0 aliphatic carbocycles. The van der Waals surface area contributed by atoms with Gasteiger partial charge < -0.3 is 19.2 Å². The molecule has 0 radical (unpaired) electrons. The van der Waals surface area contributed by atoms with Gasteiger partial charge in [-0.2, -0.15) is 4.98 Å². The number of hydrogen-bond acceptors (Lipinski definition) is 8. The van der Waals surface area contributed by atoms with Crippen molar-refractivity contribution in [3.8, 4) is 11.5 Å². The van der Waals surface area contributed by atoms with Gasteiger partial charge in [-0.3, -0.25) is 4.79 Å². The maximum atomic E-state index is 12.7. The SMILES string of the molecule is CCCc1noc(-c2cnc(C)nc2N2CCCC(C(=O)NCc3ccco3)C2)n1. The van der Waals surface area contributed by atoms with Gasteiger partial charge in [-0.1, -0.05) is 12.1 Å². The zero-order valence-electron chi connectivity index (χ0n) is 17.3. The van der Waals surface area contributed by atoms with Crippen LogP contribution in [0.25, 0.3) is 11.5 Å². The number of anilines is 1. The molecule has 158 valence electrons. The van der Waals surface area contributed by atoms with Gasteiger partial charge in [-0.15, -0.1) is 0 Å². The molecule has 9 heteroatoms. The predicted molar refractivity (Wildman–Crippen MR) is 110 cm³/mol. The fourth-order valence-corrected chi connectivity index (χ4v) is 3.65. The number of carbonyl (C=O) groups excluding carboxylic acids is 1. The van der Waals surface area contributed by atoms with E-state index in [1.807, 2.05) is 19.1 Å². The second-order valence-electron chi connectivity index (χ2n) is 7.50. The van der Waals surface area contributed by atoms with E-state index in [9.17, 15) is 4.79 Å². The lowest BCUT2D eigenvalue weighted by Crippen LogP contribution is -2.43. The molecule has 1 aliphatic heterocycles. The van der Waals surface area contributed by atoms with Crippen LogP contribution in [-0.4, -0.2) is 39.1 Å². The van der Waals surface area contributed by atoms with Gasteiger partial charge in [0.05, 0.1) is 18.7 Å². The number of piperidine rings is 1. The van der Waals surface area contributed by atoms with Crippen LogP contribution in [-0.2, 0) is 17.8 Å². The Morgan fingerprint density at radius 3 is 3.07 bits per heavy atom. The molecule has 4 rings (SSSR count). The van der Waals surface area contributed by atoms with Crippen molar-refractivity contribution in [3.63, 3.8) is 0 Å². The number of nitrogens with zero attached hydrogens (tertiary/aromatic N) is 5. The molecule has 9 nitrogen and oxygen atoms in total. The molecule has 4 heterocycles. The van der Waals surface area contributed by atoms with Crippen molar-refractivity contribution in [2.24, 2.45) is 5.92 Å². The van der Waals surface area contributed by atoms with Crippen molar-refractivity contribution in [1.82, 2.24) is 25.4 Å². The van der Waals surface area contributed by atoms with E-state index < -0.39 is 0 Å². The number of amides is 1. The van der Waals surface area contributed by atoms with Crippen molar-refractivity contribution in [2.75, 3.05) is 18.0 Å². The molecular formula is C21H26N6O3. The van der Waals surface area contributed by atoms with E-state index in [0.717, 1.165) is 43.8 Å². The lowest BCUT2D eigenvalue weighted by atomic mass is 9.96. The first-order valence-corrected chi connectivity index (χ1v) is 10.4. The quantitative estimate of drug-likeness (QED) is 0.633. The molecule has 0 saturated carbocycles. The Kier molecular flexibility index (Phi) is 6.06. The second-order valence-corrected chi connectivity index (χ2v) is 7.50. The van der Waals surface area contributed by atoms with Crippen molar-refractivity contribution >= 4 is 11.7 Å². The highest BCUT2D eigenvalue weighted by Gasteiger charge is 2.29. The molecule has 3 aromatic heterocycles. The zero-order valence-corrected chi connectivity index (χ0v) is 17.3. The maximum absolute atomic E-state index is 12.7. The van der Waals surface area contributed by atoms with E-state index in [1.54, 1.807) is 12.5 Å². The minimum absolute atomic E-state index is 0.0199. The number of furan rings is 1. The van der Waals surface area contributed by atoms with E-state index in [1.165, 1.54) is 0 Å². The number of hydrogen-bond donors (Lipinski definition) is 1. The summed E-state index contributed by atoms with van der Waals surface area (Å²) in [6.07, 6.45) is 6.76. The number of carbonyl (C=O) groups is 1. The van der Waals surface area contributed by atoms with Gasteiger partial charge in [0.1, 0.15) is 23.0 Å². The topological polar surface area (TPSA) is 110 Å². The Balaban J connectivity index is 1.51. The van der Waals surface area contributed by atoms with Crippen LogP contribution < -0.4 is 10.2 Å². The van der Waals surface area contributed by atoms with Crippen LogP contribution in [0.2, 0.25) is 0 Å². The summed E-state index contributed by atoms with van der Waals surface area (Å²) in [6.45, 7) is 5.69. The lowest BCUT2D eigenvalue weighted by molar-refractivity contribution is -0.125. The number of rotatable bonds is 7. The summed E-state index contributed by atoms with van der Waals surface area (Å²) in [5, 5.41) is 7.02. The standard InChI is InChI=1S/C21H26N6O3/c1-3-6-18-25-21(30-26-18)17-12-22-14(2)24-19(17)27-9-4-7-15(13-27)20(28)23-11-16-8-5-10-29-16/h5,8,10,12,15H,3-4,6-7,9,11,13H2,1-2H3,(H,23,28). The van der Waals surface area contributed by atoms with E-state index >= 15 is 0 Å². The van der Waals surface area contributed by atoms with Gasteiger partial charge in [0, 0.05) is 25.7 Å². The molecule has 0 spiro atoms. The highest BCUT2D eigenvalue weighted by molar-refractivity contribution is 5.80. The summed E-state index contributed by atoms with van der Waals surface area (Å²) in [7, 11) is 0. The minimum Gasteiger partial charge on any atom is -0.467 e. The molecule has 1 amide bonds. The maximum Gasteiger partial charge on any atom is 0.263 e. The molecule has 3 aromatic rings. The highest BCUT2D eigenvalue weighted by atomic mass is 16.5. The molecule has 30 heavy (non-hydrogen) atoms. The van der Waals surface area contributed by atoms with E-state index in [0.29, 0.717) is 36.2 Å². The van der Waals surface area contributed by atoms with Crippen LogP contribution >= 0.6 is 0 Å². The monoisotopic (exact) mass is 410 g/mol. The molecule has 1 saturated heterocycles. The summed E-state index contributed by atoms with van der Waals surface area (Å²) in [5.74, 6) is 3.11. The third-order valence-electron chi connectivity index (χ3n) is 5.17. The fourth-order valence-electron chi connectivity index (χ4n) is 3.65. The Bertz CT molecular complexity index is 985. The largest absolute Gasteiger partial charge is 0.467 e. The first kappa shape index (κ1) is 20.1. The Labute approximate surface area is 174 Å². The number of aryl methyl sites for hydroxylation is 2. The van der Waals surface area contributed by atoms with Crippen molar-refractivity contribution in [2.45, 2.75) is 46.1 Å². The molecule has 1 N–H and O–H groups in total. The van der Waals surface area contributed by atoms with Crippen LogP contribution in [0.1, 0.15) is 43.6 Å². The van der Waals surface area contributed by atoms with Gasteiger partial charge in [0.2, 0.25) is 5.91 Å². The van der Waals surface area contributed by atoms with Crippen LogP contribution in [0.4, 0.5) is 5.82 Å². The van der Waals surface area contributed by atoms with E-state index in [4.69, 9.17) is 8.94 Å². The summed E-state index contributed by atoms with van der Waals surface area (Å²) in [5.41, 5.74) is 0.701. The number of nitrogens with one attached hydrogen (secondary N) is 1. The molecule has 1 aliphatic rings. The molecule has 1 atom stereocenters. The van der Waals surface area contributed by atoms with E-state index in [-0.39, 0.29) is 11.8 Å². The van der Waals surface area contributed by atoms with Crippen molar-refractivity contribution in [3.05, 3.63) is 42.0 Å². The van der Waals surface area contributed by atoms with Crippen molar-refractivity contribution in [1.29, 1.82) is 0 Å². The van der Waals surface area contributed by atoms with Crippen LogP contribution in [0, 0.1) is 12.8 Å². The molecule has 1 unspecified atom stereocenters. The third kappa shape index (κ3) is 4.50. The van der Waals surface area contributed by atoms with Gasteiger partial charge in [-0.05, 0) is 38.3 Å². The van der Waals surface area contributed by atoms with Crippen LogP contribution in [0.5, 0.6) is 0 Å². The molecular weight excluding hydrogens is 384 g/mol. The fraction of sp³-hybridized carbons (Fsp3) is 0.476. The van der Waals surface area contributed by atoms with Crippen LogP contribution in [0.3, 0.4) is 0 Å².